The molecule has 0 saturated carbocycles. The fourth-order valence-electron chi connectivity index (χ4n) is 4.57. The summed E-state index contributed by atoms with van der Waals surface area (Å²) in [5.74, 6) is 1.76. The number of ether oxygens (including phenoxy) is 4. The Balaban J connectivity index is 1.31. The molecule has 0 spiro atoms. The molecule has 190 valence electrons. The number of nitrogens with one attached hydrogen (secondary N) is 1. The molecule has 1 aromatic heterocycles. The van der Waals surface area contributed by atoms with Crippen molar-refractivity contribution in [2.75, 3.05) is 58.5 Å². The molecule has 36 heavy (non-hydrogen) atoms. The van der Waals surface area contributed by atoms with Gasteiger partial charge >= 0.3 is 0 Å². The SMILES string of the molecule is COc1ccc2c(c1)CC(C(=O)Nc1ccc(-c3ccnn3C)cc1OCCN1CCOCC1)CO2. The van der Waals surface area contributed by atoms with Gasteiger partial charge in [0.2, 0.25) is 5.91 Å². The molecule has 3 heterocycles. The molecule has 1 N–H and O–H groups in total. The zero-order valence-corrected chi connectivity index (χ0v) is 20.7. The summed E-state index contributed by atoms with van der Waals surface area (Å²) in [6.07, 6.45) is 2.35. The average molecular weight is 493 g/mol. The molecule has 2 aliphatic heterocycles. The molecule has 0 radical (unpaired) electrons. The maximum absolute atomic E-state index is 13.3. The third kappa shape index (κ3) is 5.47. The summed E-state index contributed by atoms with van der Waals surface area (Å²) in [5, 5.41) is 7.36. The molecular formula is C27H32N4O5. The molecule has 0 bridgehead atoms. The highest BCUT2D eigenvalue weighted by Gasteiger charge is 2.27. The molecule has 1 saturated heterocycles. The van der Waals surface area contributed by atoms with Gasteiger partial charge in [0.1, 0.15) is 30.5 Å². The molecule has 1 amide bonds. The molecule has 9 heteroatoms. The molecule has 1 atom stereocenters. The number of benzene rings is 2. The van der Waals surface area contributed by atoms with Crippen molar-refractivity contribution < 1.29 is 23.7 Å². The van der Waals surface area contributed by atoms with Crippen LogP contribution >= 0.6 is 0 Å². The zero-order chi connectivity index (χ0) is 24.9. The molecule has 0 aliphatic carbocycles. The highest BCUT2D eigenvalue weighted by atomic mass is 16.5. The van der Waals surface area contributed by atoms with Gasteiger partial charge in [-0.05, 0) is 48.4 Å². The Bertz CT molecular complexity index is 1200. The van der Waals surface area contributed by atoms with E-state index in [0.29, 0.717) is 31.1 Å². The summed E-state index contributed by atoms with van der Waals surface area (Å²) in [4.78, 5) is 15.6. The van der Waals surface area contributed by atoms with Gasteiger partial charge in [0.25, 0.3) is 0 Å². The van der Waals surface area contributed by atoms with E-state index in [4.69, 9.17) is 18.9 Å². The van der Waals surface area contributed by atoms with Gasteiger partial charge in [0.15, 0.2) is 0 Å². The minimum Gasteiger partial charge on any atom is -0.497 e. The Morgan fingerprint density at radius 2 is 2.03 bits per heavy atom. The second kappa shape index (κ2) is 11.0. The van der Waals surface area contributed by atoms with Crippen LogP contribution in [0, 0.1) is 5.92 Å². The lowest BCUT2D eigenvalue weighted by atomic mass is 9.95. The van der Waals surface area contributed by atoms with Gasteiger partial charge in [-0.25, -0.2) is 0 Å². The number of hydrogen-bond acceptors (Lipinski definition) is 7. The van der Waals surface area contributed by atoms with E-state index in [1.54, 1.807) is 13.3 Å². The van der Waals surface area contributed by atoms with Crippen LogP contribution in [0.4, 0.5) is 5.69 Å². The fourth-order valence-corrected chi connectivity index (χ4v) is 4.57. The summed E-state index contributed by atoms with van der Waals surface area (Å²) in [7, 11) is 3.53. The third-order valence-electron chi connectivity index (χ3n) is 6.67. The first-order chi connectivity index (χ1) is 17.6. The Labute approximate surface area is 210 Å². The second-order valence-electron chi connectivity index (χ2n) is 9.03. The van der Waals surface area contributed by atoms with E-state index < -0.39 is 0 Å². The number of aryl methyl sites for hydroxylation is 1. The monoisotopic (exact) mass is 492 g/mol. The van der Waals surface area contributed by atoms with E-state index >= 15 is 0 Å². The predicted octanol–water partition coefficient (Wildman–Crippen LogP) is 3.00. The number of methoxy groups -OCH3 is 1. The van der Waals surface area contributed by atoms with Crippen LogP contribution in [0.3, 0.4) is 0 Å². The van der Waals surface area contributed by atoms with Gasteiger partial charge in [-0.15, -0.1) is 0 Å². The summed E-state index contributed by atoms with van der Waals surface area (Å²) < 4.78 is 24.7. The minimum absolute atomic E-state index is 0.102. The number of fused-ring (bicyclic) bond motifs is 1. The number of carbonyl (C=O) groups excluding carboxylic acids is 1. The van der Waals surface area contributed by atoms with Crippen molar-refractivity contribution in [2.24, 2.45) is 13.0 Å². The van der Waals surface area contributed by atoms with Crippen LogP contribution in [0.5, 0.6) is 17.2 Å². The molecule has 2 aromatic carbocycles. The lowest BCUT2D eigenvalue weighted by Gasteiger charge is -2.27. The van der Waals surface area contributed by atoms with Gasteiger partial charge in [-0.1, -0.05) is 6.07 Å². The van der Waals surface area contributed by atoms with Crippen molar-refractivity contribution in [2.45, 2.75) is 6.42 Å². The van der Waals surface area contributed by atoms with Crippen molar-refractivity contribution in [3.8, 4) is 28.5 Å². The van der Waals surface area contributed by atoms with Crippen molar-refractivity contribution in [3.63, 3.8) is 0 Å². The first-order valence-electron chi connectivity index (χ1n) is 12.3. The number of hydrogen-bond donors (Lipinski definition) is 1. The summed E-state index contributed by atoms with van der Waals surface area (Å²) in [6.45, 7) is 4.92. The first-order valence-corrected chi connectivity index (χ1v) is 12.3. The second-order valence-corrected chi connectivity index (χ2v) is 9.03. The average Bonchev–Trinajstić information content (AvgIpc) is 3.35. The Morgan fingerprint density at radius 1 is 1.17 bits per heavy atom. The van der Waals surface area contributed by atoms with E-state index in [1.807, 2.05) is 54.2 Å². The smallest absolute Gasteiger partial charge is 0.231 e. The number of amides is 1. The molecule has 2 aliphatic rings. The molecule has 9 nitrogen and oxygen atoms in total. The van der Waals surface area contributed by atoms with Crippen LogP contribution in [0.2, 0.25) is 0 Å². The standard InChI is InChI=1S/C27H32N4O5/c1-30-24(7-8-28-30)19-3-5-23(26(17-19)35-14-11-31-9-12-34-13-10-31)29-27(32)21-15-20-16-22(33-2)4-6-25(20)36-18-21/h3-8,16-17,21H,9-15,18H2,1-2H3,(H,29,32). The van der Waals surface area contributed by atoms with E-state index in [-0.39, 0.29) is 11.8 Å². The minimum atomic E-state index is -0.317. The van der Waals surface area contributed by atoms with Crippen molar-refractivity contribution >= 4 is 11.6 Å². The van der Waals surface area contributed by atoms with Crippen LogP contribution in [-0.2, 0) is 23.0 Å². The van der Waals surface area contributed by atoms with Crippen LogP contribution < -0.4 is 19.5 Å². The zero-order valence-electron chi connectivity index (χ0n) is 20.7. The van der Waals surface area contributed by atoms with E-state index in [1.165, 1.54) is 0 Å². The quantitative estimate of drug-likeness (QED) is 0.517. The summed E-state index contributed by atoms with van der Waals surface area (Å²) in [6, 6.07) is 13.5. The highest BCUT2D eigenvalue weighted by Crippen LogP contribution is 2.34. The van der Waals surface area contributed by atoms with E-state index in [0.717, 1.165) is 61.2 Å². The predicted molar refractivity (Wildman–Crippen MR) is 136 cm³/mol. The lowest BCUT2D eigenvalue weighted by Crippen LogP contribution is -2.38. The topological polar surface area (TPSA) is 87.1 Å². The first kappa shape index (κ1) is 24.1. The number of rotatable bonds is 8. The maximum atomic E-state index is 13.3. The van der Waals surface area contributed by atoms with Gasteiger partial charge in [-0.2, -0.15) is 5.10 Å². The Hall–Kier alpha value is -3.56. The molecule has 5 rings (SSSR count). The number of nitrogens with zero attached hydrogens (tertiary/aromatic N) is 3. The van der Waals surface area contributed by atoms with Gasteiger partial charge < -0.3 is 24.3 Å². The van der Waals surface area contributed by atoms with E-state index in [2.05, 4.69) is 15.3 Å². The molecule has 3 aromatic rings. The lowest BCUT2D eigenvalue weighted by molar-refractivity contribution is -0.121. The van der Waals surface area contributed by atoms with Crippen LogP contribution in [-0.4, -0.2) is 73.8 Å². The van der Waals surface area contributed by atoms with Crippen molar-refractivity contribution in [1.82, 2.24) is 14.7 Å². The molecule has 1 fully saturated rings. The normalized spacial score (nSPS) is 17.7. The number of morpholine rings is 1. The fraction of sp³-hybridized carbons (Fsp3) is 0.407. The highest BCUT2D eigenvalue weighted by molar-refractivity contribution is 5.95. The number of carbonyl (C=O) groups is 1. The summed E-state index contributed by atoms with van der Waals surface area (Å²) in [5.41, 5.74) is 3.55. The Kier molecular flexibility index (Phi) is 7.39. The van der Waals surface area contributed by atoms with Gasteiger partial charge in [0.05, 0.1) is 37.6 Å². The Morgan fingerprint density at radius 3 is 2.81 bits per heavy atom. The third-order valence-corrected chi connectivity index (χ3v) is 6.67. The van der Waals surface area contributed by atoms with Gasteiger partial charge in [-0.3, -0.25) is 14.4 Å². The summed E-state index contributed by atoms with van der Waals surface area (Å²) >= 11 is 0. The van der Waals surface area contributed by atoms with Crippen LogP contribution in [0.15, 0.2) is 48.7 Å². The maximum Gasteiger partial charge on any atom is 0.231 e. The van der Waals surface area contributed by atoms with Crippen LogP contribution in [0.1, 0.15) is 5.56 Å². The van der Waals surface area contributed by atoms with Crippen LogP contribution in [0.25, 0.3) is 11.3 Å². The van der Waals surface area contributed by atoms with Crippen molar-refractivity contribution in [1.29, 1.82) is 0 Å². The molecular weight excluding hydrogens is 460 g/mol. The number of anilines is 1. The molecule has 1 unspecified atom stereocenters. The van der Waals surface area contributed by atoms with Gasteiger partial charge in [0, 0.05) is 38.4 Å². The largest absolute Gasteiger partial charge is 0.497 e. The number of aromatic nitrogens is 2. The van der Waals surface area contributed by atoms with E-state index in [9.17, 15) is 4.79 Å². The van der Waals surface area contributed by atoms with Crippen molar-refractivity contribution in [3.05, 3.63) is 54.2 Å².